The number of likely N-dealkylation sites (tertiary alicyclic amines) is 1. The molecule has 0 radical (unpaired) electrons. The molecule has 0 aliphatic carbocycles. The molecular weight excluding hydrogens is 304 g/mol. The number of pyridine rings is 1. The fraction of sp³-hybridized carbons (Fsp3) is 0.588. The van der Waals surface area contributed by atoms with Gasteiger partial charge in [-0.3, -0.25) is 14.8 Å². The van der Waals surface area contributed by atoms with Gasteiger partial charge < -0.3 is 20.9 Å². The van der Waals surface area contributed by atoms with Crippen LogP contribution in [0, 0.1) is 0 Å². The molecule has 0 unspecified atom stereocenters. The molecular formula is C17H28N6O. The minimum absolute atomic E-state index is 0.124. The van der Waals surface area contributed by atoms with Gasteiger partial charge in [-0.2, -0.15) is 0 Å². The van der Waals surface area contributed by atoms with Gasteiger partial charge in [-0.05, 0) is 38.8 Å². The van der Waals surface area contributed by atoms with Gasteiger partial charge in [0, 0.05) is 38.4 Å². The highest BCUT2D eigenvalue weighted by Gasteiger charge is 2.21. The van der Waals surface area contributed by atoms with Gasteiger partial charge in [0.1, 0.15) is 0 Å². The van der Waals surface area contributed by atoms with E-state index in [0.29, 0.717) is 23.7 Å². The molecule has 2 rings (SSSR count). The minimum Gasteiger partial charge on any atom is -0.354 e. The summed E-state index contributed by atoms with van der Waals surface area (Å²) in [4.78, 5) is 22.6. The summed E-state index contributed by atoms with van der Waals surface area (Å²) in [5.74, 6) is 0.542. The van der Waals surface area contributed by atoms with Crippen LogP contribution in [-0.4, -0.2) is 60.5 Å². The first-order chi connectivity index (χ1) is 11.6. The van der Waals surface area contributed by atoms with Crippen LogP contribution in [0.25, 0.3) is 0 Å². The number of rotatable bonds is 5. The highest BCUT2D eigenvalue weighted by atomic mass is 16.1. The Bertz CT molecular complexity index is 537. The van der Waals surface area contributed by atoms with Crippen molar-refractivity contribution in [2.24, 2.45) is 4.99 Å². The number of aromatic nitrogens is 1. The van der Waals surface area contributed by atoms with Gasteiger partial charge in [0.25, 0.3) is 0 Å². The number of guanidine groups is 1. The topological polar surface area (TPSA) is 81.6 Å². The second-order valence-corrected chi connectivity index (χ2v) is 6.26. The summed E-state index contributed by atoms with van der Waals surface area (Å²) in [5, 5.41) is 9.26. The lowest BCUT2D eigenvalue weighted by atomic mass is 10.0. The van der Waals surface area contributed by atoms with Crippen LogP contribution < -0.4 is 16.0 Å². The zero-order valence-corrected chi connectivity index (χ0v) is 14.7. The Morgan fingerprint density at radius 3 is 2.75 bits per heavy atom. The zero-order valence-electron chi connectivity index (χ0n) is 14.7. The molecule has 132 valence electrons. The highest BCUT2D eigenvalue weighted by molar-refractivity contribution is 5.94. The molecule has 24 heavy (non-hydrogen) atoms. The Balaban J connectivity index is 1.72. The largest absolute Gasteiger partial charge is 0.354 e. The molecule has 0 spiro atoms. The van der Waals surface area contributed by atoms with Crippen LogP contribution in [0.15, 0.2) is 29.5 Å². The lowest BCUT2D eigenvalue weighted by Gasteiger charge is -2.35. The normalized spacial score (nSPS) is 16.9. The predicted octanol–water partition coefficient (Wildman–Crippen LogP) is 1.06. The maximum absolute atomic E-state index is 12.0. The first-order valence-corrected chi connectivity index (χ1v) is 8.49. The number of piperidine rings is 1. The standard InChI is InChI=1S/C17H28N6O/c1-13(2)23-9-6-14(7-10-23)22-17(18-3)20-12-16(24)21-15-5-4-8-19-11-15/h4-5,8,11,13-14H,6-7,9-10,12H2,1-3H3,(H,21,24)(H2,18,20,22). The lowest BCUT2D eigenvalue weighted by Crippen LogP contribution is -2.50. The number of carbonyl (C=O) groups excluding carboxylic acids is 1. The molecule has 1 aromatic rings. The van der Waals surface area contributed by atoms with Gasteiger partial charge in [-0.15, -0.1) is 0 Å². The Kier molecular flexibility index (Phi) is 6.99. The van der Waals surface area contributed by atoms with E-state index < -0.39 is 0 Å². The Labute approximate surface area is 143 Å². The SMILES string of the molecule is CN=C(NCC(=O)Nc1cccnc1)NC1CCN(C(C)C)CC1. The summed E-state index contributed by atoms with van der Waals surface area (Å²) in [7, 11) is 1.72. The smallest absolute Gasteiger partial charge is 0.243 e. The number of nitrogens with one attached hydrogen (secondary N) is 3. The van der Waals surface area contributed by atoms with Gasteiger partial charge in [0.05, 0.1) is 18.4 Å². The van der Waals surface area contributed by atoms with Crippen LogP contribution in [0.1, 0.15) is 26.7 Å². The van der Waals surface area contributed by atoms with Crippen molar-refractivity contribution in [3.8, 4) is 0 Å². The van der Waals surface area contributed by atoms with Crippen LogP contribution in [0.5, 0.6) is 0 Å². The molecule has 7 nitrogen and oxygen atoms in total. The van der Waals surface area contributed by atoms with E-state index in [4.69, 9.17) is 0 Å². The molecule has 1 aliphatic rings. The molecule has 0 atom stereocenters. The Morgan fingerprint density at radius 1 is 1.42 bits per heavy atom. The second kappa shape index (κ2) is 9.22. The van der Waals surface area contributed by atoms with E-state index in [9.17, 15) is 4.79 Å². The minimum atomic E-state index is -0.124. The van der Waals surface area contributed by atoms with E-state index in [-0.39, 0.29) is 12.5 Å². The zero-order chi connectivity index (χ0) is 17.4. The summed E-state index contributed by atoms with van der Waals surface area (Å²) in [6, 6.07) is 4.58. The number of amides is 1. The summed E-state index contributed by atoms with van der Waals surface area (Å²) in [6.45, 7) is 6.81. The number of carbonyl (C=O) groups is 1. The third-order valence-corrected chi connectivity index (χ3v) is 4.19. The van der Waals surface area contributed by atoms with Crippen molar-refractivity contribution in [2.75, 3.05) is 32.0 Å². The number of nitrogens with zero attached hydrogens (tertiary/aromatic N) is 3. The van der Waals surface area contributed by atoms with Crippen molar-refractivity contribution < 1.29 is 4.79 Å². The average molecular weight is 332 g/mol. The predicted molar refractivity (Wildman–Crippen MR) is 97.1 cm³/mol. The fourth-order valence-electron chi connectivity index (χ4n) is 2.75. The van der Waals surface area contributed by atoms with Crippen molar-refractivity contribution in [1.82, 2.24) is 20.5 Å². The summed E-state index contributed by atoms with van der Waals surface area (Å²) < 4.78 is 0. The third kappa shape index (κ3) is 5.81. The Morgan fingerprint density at radius 2 is 2.17 bits per heavy atom. The number of hydrogen-bond acceptors (Lipinski definition) is 4. The van der Waals surface area contributed by atoms with Crippen molar-refractivity contribution in [2.45, 2.75) is 38.8 Å². The van der Waals surface area contributed by atoms with E-state index >= 15 is 0 Å². The molecule has 1 fully saturated rings. The molecule has 3 N–H and O–H groups in total. The van der Waals surface area contributed by atoms with Crippen LogP contribution in [0.2, 0.25) is 0 Å². The van der Waals surface area contributed by atoms with Gasteiger partial charge in [-0.25, -0.2) is 0 Å². The molecule has 1 aliphatic heterocycles. The van der Waals surface area contributed by atoms with Crippen LogP contribution in [0.3, 0.4) is 0 Å². The summed E-state index contributed by atoms with van der Waals surface area (Å²) in [6.07, 6.45) is 5.46. The van der Waals surface area contributed by atoms with Gasteiger partial charge in [0.15, 0.2) is 5.96 Å². The van der Waals surface area contributed by atoms with Gasteiger partial charge in [-0.1, -0.05) is 0 Å². The average Bonchev–Trinajstić information content (AvgIpc) is 2.60. The molecule has 0 aromatic carbocycles. The first-order valence-electron chi connectivity index (χ1n) is 8.49. The summed E-state index contributed by atoms with van der Waals surface area (Å²) in [5.41, 5.74) is 0.688. The number of hydrogen-bond donors (Lipinski definition) is 3. The van der Waals surface area contributed by atoms with Gasteiger partial charge in [0.2, 0.25) is 5.91 Å². The monoisotopic (exact) mass is 332 g/mol. The van der Waals surface area contributed by atoms with E-state index in [1.165, 1.54) is 0 Å². The summed E-state index contributed by atoms with van der Waals surface area (Å²) >= 11 is 0. The van der Waals surface area contributed by atoms with Crippen LogP contribution in [-0.2, 0) is 4.79 Å². The third-order valence-electron chi connectivity index (χ3n) is 4.19. The molecule has 1 aromatic heterocycles. The van der Waals surface area contributed by atoms with Gasteiger partial charge >= 0.3 is 0 Å². The molecule has 1 saturated heterocycles. The van der Waals surface area contributed by atoms with Crippen LogP contribution >= 0.6 is 0 Å². The van der Waals surface area contributed by atoms with Crippen molar-refractivity contribution in [1.29, 1.82) is 0 Å². The van der Waals surface area contributed by atoms with Crippen molar-refractivity contribution in [3.05, 3.63) is 24.5 Å². The lowest BCUT2D eigenvalue weighted by molar-refractivity contribution is -0.115. The molecule has 0 bridgehead atoms. The maximum Gasteiger partial charge on any atom is 0.243 e. The molecule has 2 heterocycles. The fourth-order valence-corrected chi connectivity index (χ4v) is 2.75. The number of aliphatic imine (C=N–C) groups is 1. The van der Waals surface area contributed by atoms with E-state index in [2.05, 4.69) is 44.7 Å². The van der Waals surface area contributed by atoms with Crippen LogP contribution in [0.4, 0.5) is 5.69 Å². The highest BCUT2D eigenvalue weighted by Crippen LogP contribution is 2.12. The van der Waals surface area contributed by atoms with E-state index in [1.807, 2.05) is 0 Å². The Hall–Kier alpha value is -2.15. The second-order valence-electron chi connectivity index (χ2n) is 6.26. The quantitative estimate of drug-likeness (QED) is 0.555. The van der Waals surface area contributed by atoms with E-state index in [1.54, 1.807) is 31.6 Å². The molecule has 7 heteroatoms. The van der Waals surface area contributed by atoms with Crippen molar-refractivity contribution >= 4 is 17.6 Å². The first kappa shape index (κ1) is 18.2. The maximum atomic E-state index is 12.0. The molecule has 1 amide bonds. The molecule has 0 saturated carbocycles. The van der Waals surface area contributed by atoms with E-state index in [0.717, 1.165) is 25.9 Å². The number of anilines is 1. The van der Waals surface area contributed by atoms with Crippen molar-refractivity contribution in [3.63, 3.8) is 0 Å².